The Morgan fingerprint density at radius 3 is 2.94 bits per heavy atom. The highest BCUT2D eigenvalue weighted by atomic mass is 16.2. The Balaban J connectivity index is 2.54. The smallest absolute Gasteiger partial charge is 0.270 e. The number of hydrogen-bond acceptors (Lipinski definition) is 4. The lowest BCUT2D eigenvalue weighted by molar-refractivity contribution is 0.0931. The van der Waals surface area contributed by atoms with Crippen molar-refractivity contribution in [1.29, 1.82) is 5.26 Å². The van der Waals surface area contributed by atoms with Crippen molar-refractivity contribution >= 4 is 5.91 Å². The minimum Gasteiger partial charge on any atom is -0.396 e. The van der Waals surface area contributed by atoms with Crippen molar-refractivity contribution in [2.75, 3.05) is 6.61 Å². The molecule has 0 fully saturated rings. The molecule has 0 saturated carbocycles. The number of aromatic nitrogens is 1. The molecule has 0 radical (unpaired) electrons. The van der Waals surface area contributed by atoms with E-state index in [4.69, 9.17) is 10.4 Å². The summed E-state index contributed by atoms with van der Waals surface area (Å²) >= 11 is 0. The molecule has 0 spiro atoms. The predicted octanol–water partition coefficient (Wildman–Crippen LogP) is 0.844. The lowest BCUT2D eigenvalue weighted by Crippen LogP contribution is -2.33. The van der Waals surface area contributed by atoms with E-state index in [1.807, 2.05) is 13.0 Å². The topological polar surface area (TPSA) is 86.0 Å². The monoisotopic (exact) mass is 233 g/mol. The van der Waals surface area contributed by atoms with Crippen LogP contribution in [0.5, 0.6) is 0 Å². The standard InChI is InChI=1S/C12H15N3O2/c1-9(3-2-6-16)15-12(17)11-5-4-10(7-13)8-14-11/h4-5,8-9,16H,2-3,6H2,1H3,(H,15,17). The van der Waals surface area contributed by atoms with Crippen molar-refractivity contribution in [3.63, 3.8) is 0 Å². The van der Waals surface area contributed by atoms with E-state index in [9.17, 15) is 4.79 Å². The number of hydrogen-bond donors (Lipinski definition) is 2. The van der Waals surface area contributed by atoms with E-state index in [1.54, 1.807) is 6.07 Å². The molecule has 1 heterocycles. The number of carbonyl (C=O) groups is 1. The van der Waals surface area contributed by atoms with Gasteiger partial charge in [-0.05, 0) is 31.9 Å². The first kappa shape index (κ1) is 13.1. The summed E-state index contributed by atoms with van der Waals surface area (Å²) in [5.74, 6) is -0.264. The van der Waals surface area contributed by atoms with Crippen LogP contribution >= 0.6 is 0 Å². The van der Waals surface area contributed by atoms with Crippen molar-refractivity contribution in [1.82, 2.24) is 10.3 Å². The Bertz CT molecular complexity index is 409. The molecule has 0 aliphatic heterocycles. The highest BCUT2D eigenvalue weighted by molar-refractivity contribution is 5.92. The van der Waals surface area contributed by atoms with Gasteiger partial charge in [0.2, 0.25) is 0 Å². The van der Waals surface area contributed by atoms with E-state index in [-0.39, 0.29) is 18.6 Å². The molecule has 1 unspecified atom stereocenters. The Morgan fingerprint density at radius 2 is 2.41 bits per heavy atom. The van der Waals surface area contributed by atoms with E-state index in [1.165, 1.54) is 12.3 Å². The number of rotatable bonds is 5. The number of nitrogens with one attached hydrogen (secondary N) is 1. The molecule has 0 saturated heterocycles. The largest absolute Gasteiger partial charge is 0.396 e. The number of nitrogens with zero attached hydrogens (tertiary/aromatic N) is 2. The zero-order chi connectivity index (χ0) is 12.7. The first-order chi connectivity index (χ1) is 8.17. The molecule has 1 atom stereocenters. The second kappa shape index (κ2) is 6.61. The minimum atomic E-state index is -0.264. The quantitative estimate of drug-likeness (QED) is 0.789. The number of aliphatic hydroxyl groups excluding tert-OH is 1. The van der Waals surface area contributed by atoms with Crippen LogP contribution in [0.15, 0.2) is 18.3 Å². The summed E-state index contributed by atoms with van der Waals surface area (Å²) in [4.78, 5) is 15.6. The van der Waals surface area contributed by atoms with Crippen LogP contribution in [0.4, 0.5) is 0 Å². The van der Waals surface area contributed by atoms with Crippen LogP contribution in [0.25, 0.3) is 0 Å². The molecular formula is C12H15N3O2. The number of nitriles is 1. The van der Waals surface area contributed by atoms with E-state index in [2.05, 4.69) is 10.3 Å². The number of amides is 1. The van der Waals surface area contributed by atoms with Crippen molar-refractivity contribution in [3.05, 3.63) is 29.6 Å². The highest BCUT2D eigenvalue weighted by Gasteiger charge is 2.10. The molecule has 90 valence electrons. The molecule has 1 aromatic heterocycles. The fraction of sp³-hybridized carbons (Fsp3) is 0.417. The van der Waals surface area contributed by atoms with Crippen molar-refractivity contribution in [3.8, 4) is 6.07 Å². The van der Waals surface area contributed by atoms with E-state index < -0.39 is 0 Å². The fourth-order valence-electron chi connectivity index (χ4n) is 1.36. The van der Waals surface area contributed by atoms with Gasteiger partial charge in [-0.25, -0.2) is 4.98 Å². The van der Waals surface area contributed by atoms with Gasteiger partial charge in [-0.1, -0.05) is 0 Å². The van der Waals surface area contributed by atoms with Crippen LogP contribution < -0.4 is 5.32 Å². The average molecular weight is 233 g/mol. The molecular weight excluding hydrogens is 218 g/mol. The number of aliphatic hydroxyl groups is 1. The third kappa shape index (κ3) is 4.21. The average Bonchev–Trinajstić information content (AvgIpc) is 2.36. The van der Waals surface area contributed by atoms with Crippen molar-refractivity contribution in [2.45, 2.75) is 25.8 Å². The summed E-state index contributed by atoms with van der Waals surface area (Å²) in [6, 6.07) is 5.01. The lowest BCUT2D eigenvalue weighted by Gasteiger charge is -2.12. The summed E-state index contributed by atoms with van der Waals surface area (Å²) < 4.78 is 0. The summed E-state index contributed by atoms with van der Waals surface area (Å²) in [5.41, 5.74) is 0.717. The van der Waals surface area contributed by atoms with Gasteiger partial charge in [0.1, 0.15) is 11.8 Å². The summed E-state index contributed by atoms with van der Waals surface area (Å²) in [6.07, 6.45) is 2.74. The maximum absolute atomic E-state index is 11.7. The maximum atomic E-state index is 11.7. The molecule has 0 bridgehead atoms. The van der Waals surface area contributed by atoms with E-state index in [0.29, 0.717) is 17.7 Å². The number of carbonyl (C=O) groups excluding carboxylic acids is 1. The third-order valence-electron chi connectivity index (χ3n) is 2.30. The maximum Gasteiger partial charge on any atom is 0.270 e. The van der Waals surface area contributed by atoms with Gasteiger partial charge in [0.15, 0.2) is 0 Å². The van der Waals surface area contributed by atoms with Gasteiger partial charge in [0.05, 0.1) is 5.56 Å². The second-order valence-corrected chi connectivity index (χ2v) is 3.78. The first-order valence-electron chi connectivity index (χ1n) is 5.45. The van der Waals surface area contributed by atoms with E-state index in [0.717, 1.165) is 6.42 Å². The number of pyridine rings is 1. The Hall–Kier alpha value is -1.93. The Labute approximate surface area is 100 Å². The molecule has 0 aliphatic carbocycles. The van der Waals surface area contributed by atoms with Crippen LogP contribution in [0.3, 0.4) is 0 Å². The highest BCUT2D eigenvalue weighted by Crippen LogP contribution is 2.01. The zero-order valence-corrected chi connectivity index (χ0v) is 9.68. The molecule has 1 amide bonds. The fourth-order valence-corrected chi connectivity index (χ4v) is 1.36. The van der Waals surface area contributed by atoms with Gasteiger partial charge in [-0.15, -0.1) is 0 Å². The molecule has 5 nitrogen and oxygen atoms in total. The zero-order valence-electron chi connectivity index (χ0n) is 9.68. The van der Waals surface area contributed by atoms with Crippen LogP contribution in [0, 0.1) is 11.3 Å². The molecule has 17 heavy (non-hydrogen) atoms. The third-order valence-corrected chi connectivity index (χ3v) is 2.30. The molecule has 2 N–H and O–H groups in total. The van der Waals surface area contributed by atoms with Crippen LogP contribution in [0.1, 0.15) is 35.8 Å². The van der Waals surface area contributed by atoms with Crippen molar-refractivity contribution in [2.24, 2.45) is 0 Å². The minimum absolute atomic E-state index is 0.00732. The summed E-state index contributed by atoms with van der Waals surface area (Å²) in [5, 5.41) is 20.0. The molecule has 5 heteroatoms. The predicted molar refractivity (Wildman–Crippen MR) is 62.2 cm³/mol. The van der Waals surface area contributed by atoms with Gasteiger partial charge in [-0.2, -0.15) is 5.26 Å². The summed E-state index contributed by atoms with van der Waals surface area (Å²) in [7, 11) is 0. The van der Waals surface area contributed by atoms with Gasteiger partial charge in [0, 0.05) is 18.8 Å². The lowest BCUT2D eigenvalue weighted by atomic mass is 10.2. The molecule has 0 aliphatic rings. The van der Waals surface area contributed by atoms with Crippen molar-refractivity contribution < 1.29 is 9.90 Å². The van der Waals surface area contributed by atoms with Crippen LogP contribution in [0.2, 0.25) is 0 Å². The van der Waals surface area contributed by atoms with Crippen LogP contribution in [-0.4, -0.2) is 28.6 Å². The first-order valence-corrected chi connectivity index (χ1v) is 5.45. The molecule has 0 aromatic carbocycles. The van der Waals surface area contributed by atoms with Gasteiger partial charge >= 0.3 is 0 Å². The normalized spacial score (nSPS) is 11.6. The SMILES string of the molecule is CC(CCCO)NC(=O)c1ccc(C#N)cn1. The Kier molecular flexibility index (Phi) is 5.11. The molecule has 1 rings (SSSR count). The van der Waals surface area contributed by atoms with Gasteiger partial charge < -0.3 is 10.4 Å². The van der Waals surface area contributed by atoms with E-state index >= 15 is 0 Å². The van der Waals surface area contributed by atoms with Gasteiger partial charge in [0.25, 0.3) is 5.91 Å². The van der Waals surface area contributed by atoms with Gasteiger partial charge in [-0.3, -0.25) is 4.79 Å². The second-order valence-electron chi connectivity index (χ2n) is 3.78. The Morgan fingerprint density at radius 1 is 1.65 bits per heavy atom. The summed E-state index contributed by atoms with van der Waals surface area (Å²) in [6.45, 7) is 1.99. The van der Waals surface area contributed by atoms with Crippen LogP contribution in [-0.2, 0) is 0 Å². The molecule has 1 aromatic rings.